The van der Waals surface area contributed by atoms with Crippen LogP contribution in [0.25, 0.3) is 10.9 Å². The Morgan fingerprint density at radius 1 is 1.05 bits per heavy atom. The molecule has 40 heavy (non-hydrogen) atoms. The minimum absolute atomic E-state index is 0.0453. The molecule has 1 saturated heterocycles. The van der Waals surface area contributed by atoms with Crippen molar-refractivity contribution in [2.24, 2.45) is 5.92 Å². The second-order valence-electron chi connectivity index (χ2n) is 11.3. The Kier molecular flexibility index (Phi) is 10.5. The molecule has 2 heterocycles. The quantitative estimate of drug-likeness (QED) is 0.333. The van der Waals surface area contributed by atoms with Crippen LogP contribution >= 0.6 is 0 Å². The van der Waals surface area contributed by atoms with Gasteiger partial charge in [0.2, 0.25) is 0 Å². The van der Waals surface area contributed by atoms with Gasteiger partial charge in [0.15, 0.2) is 0 Å². The molecule has 2 aliphatic rings. The fourth-order valence-electron chi connectivity index (χ4n) is 5.58. The van der Waals surface area contributed by atoms with E-state index in [-0.39, 0.29) is 29.2 Å². The number of hydrogen-bond acceptors (Lipinski definition) is 7. The molecule has 1 aromatic carbocycles. The molecular formula is C29H41N3O8. The summed E-state index contributed by atoms with van der Waals surface area (Å²) in [5, 5.41) is 39.3. The molecule has 2 fully saturated rings. The number of amides is 1. The number of likely N-dealkylation sites (tertiary alicyclic amines) is 1. The van der Waals surface area contributed by atoms with E-state index in [2.05, 4.69) is 10.2 Å². The van der Waals surface area contributed by atoms with E-state index in [1.54, 1.807) is 10.6 Å². The van der Waals surface area contributed by atoms with Crippen LogP contribution in [0.2, 0.25) is 0 Å². The Hall–Kier alpha value is -3.28. The van der Waals surface area contributed by atoms with Crippen molar-refractivity contribution in [1.29, 1.82) is 0 Å². The molecule has 220 valence electrons. The maximum Gasteiger partial charge on any atom is 0.414 e. The van der Waals surface area contributed by atoms with Gasteiger partial charge < -0.3 is 35.2 Å². The molecule has 1 aromatic heterocycles. The Labute approximate surface area is 233 Å². The van der Waals surface area contributed by atoms with Gasteiger partial charge in [-0.25, -0.2) is 9.59 Å². The highest BCUT2D eigenvalue weighted by molar-refractivity contribution is 6.27. The standard InChI is InChI=1S/C27H39N3O4.C2H2O4/c1-18(2)30-24-6-4-5-19(3)22(24)15-23(26(30)33)25(32)28-16-20-9-13-29(14-10-20)17-27(34)11-7-21(31)8-12-27;3-1(4)2(5)6/h4-6,15,18,20-21,31,34H,7-14,16-17H2,1-3H3,(H,28,32);(H,3,4)(H,5,6). The lowest BCUT2D eigenvalue weighted by atomic mass is 9.82. The number of aliphatic carboxylic acids is 2. The van der Waals surface area contributed by atoms with Gasteiger partial charge in [-0.3, -0.25) is 9.59 Å². The molecule has 11 nitrogen and oxygen atoms in total. The van der Waals surface area contributed by atoms with Crippen molar-refractivity contribution in [3.63, 3.8) is 0 Å². The average Bonchev–Trinajstić information content (AvgIpc) is 2.90. The number of aryl methyl sites for hydroxylation is 1. The monoisotopic (exact) mass is 559 g/mol. The van der Waals surface area contributed by atoms with Crippen LogP contribution < -0.4 is 10.9 Å². The number of fused-ring (bicyclic) bond motifs is 1. The SMILES string of the molecule is Cc1cccc2c1cc(C(=O)NCC1CCN(CC3(O)CCC(O)CC3)CC1)c(=O)n2C(C)C.O=C(O)C(=O)O. The van der Waals surface area contributed by atoms with Gasteiger partial charge in [0.25, 0.3) is 11.5 Å². The molecule has 0 spiro atoms. The van der Waals surface area contributed by atoms with E-state index in [9.17, 15) is 19.8 Å². The normalized spacial score (nSPS) is 22.0. The van der Waals surface area contributed by atoms with Crippen LogP contribution in [-0.2, 0) is 9.59 Å². The summed E-state index contributed by atoms with van der Waals surface area (Å²) < 4.78 is 1.71. The number of carboxylic acids is 2. The second kappa shape index (κ2) is 13.4. The molecule has 11 heteroatoms. The third-order valence-corrected chi connectivity index (χ3v) is 7.90. The topological polar surface area (TPSA) is 169 Å². The van der Waals surface area contributed by atoms with Crippen molar-refractivity contribution < 1.29 is 34.8 Å². The summed E-state index contributed by atoms with van der Waals surface area (Å²) in [7, 11) is 0. The number of piperidine rings is 1. The lowest BCUT2D eigenvalue weighted by Crippen LogP contribution is -2.49. The van der Waals surface area contributed by atoms with E-state index in [1.165, 1.54) is 0 Å². The van der Waals surface area contributed by atoms with Crippen LogP contribution in [0, 0.1) is 12.8 Å². The summed E-state index contributed by atoms with van der Waals surface area (Å²) in [5.41, 5.74) is 1.17. The van der Waals surface area contributed by atoms with Crippen molar-refractivity contribution in [2.75, 3.05) is 26.2 Å². The van der Waals surface area contributed by atoms with Crippen LogP contribution in [0.3, 0.4) is 0 Å². The molecule has 0 atom stereocenters. The molecule has 4 rings (SSSR count). The molecule has 5 N–H and O–H groups in total. The summed E-state index contributed by atoms with van der Waals surface area (Å²) >= 11 is 0. The number of nitrogens with one attached hydrogen (secondary N) is 1. The fourth-order valence-corrected chi connectivity index (χ4v) is 5.58. The number of carboxylic acid groups (broad SMARTS) is 2. The minimum atomic E-state index is -1.82. The van der Waals surface area contributed by atoms with Gasteiger partial charge in [-0.15, -0.1) is 0 Å². The van der Waals surface area contributed by atoms with Crippen LogP contribution in [0.15, 0.2) is 29.1 Å². The van der Waals surface area contributed by atoms with Crippen molar-refractivity contribution in [2.45, 2.75) is 77.0 Å². The van der Waals surface area contributed by atoms with Crippen molar-refractivity contribution in [3.8, 4) is 0 Å². The van der Waals surface area contributed by atoms with Crippen molar-refractivity contribution in [1.82, 2.24) is 14.8 Å². The van der Waals surface area contributed by atoms with Crippen LogP contribution in [0.1, 0.15) is 74.3 Å². The van der Waals surface area contributed by atoms with Gasteiger partial charge >= 0.3 is 11.9 Å². The van der Waals surface area contributed by atoms with Crippen molar-refractivity contribution in [3.05, 3.63) is 45.7 Å². The smallest absolute Gasteiger partial charge is 0.414 e. The van der Waals surface area contributed by atoms with E-state index in [1.807, 2.05) is 39.0 Å². The number of β-amino-alcohol motifs (C(OH)–C–C–N with tert-alkyl or cyclic N) is 1. The zero-order valence-electron chi connectivity index (χ0n) is 23.4. The number of nitrogens with zero attached hydrogens (tertiary/aromatic N) is 2. The molecule has 1 saturated carbocycles. The number of pyridine rings is 1. The van der Waals surface area contributed by atoms with Crippen LogP contribution in [0.5, 0.6) is 0 Å². The molecule has 0 unspecified atom stereocenters. The first-order chi connectivity index (χ1) is 18.8. The predicted molar refractivity (Wildman–Crippen MR) is 150 cm³/mol. The summed E-state index contributed by atoms with van der Waals surface area (Å²) in [6.45, 7) is 8.91. The number of aromatic nitrogens is 1. The van der Waals surface area contributed by atoms with Gasteiger partial charge in [-0.05, 0) is 96.0 Å². The first kappa shape index (κ1) is 31.3. The fraction of sp³-hybridized carbons (Fsp3) is 0.586. The highest BCUT2D eigenvalue weighted by Gasteiger charge is 2.35. The van der Waals surface area contributed by atoms with Crippen LogP contribution in [-0.4, -0.2) is 85.6 Å². The van der Waals surface area contributed by atoms with Crippen molar-refractivity contribution >= 4 is 28.7 Å². The predicted octanol–water partition coefficient (Wildman–Crippen LogP) is 2.15. The summed E-state index contributed by atoms with van der Waals surface area (Å²) in [5.74, 6) is -3.59. The Morgan fingerprint density at radius 3 is 2.20 bits per heavy atom. The number of aliphatic hydroxyl groups excluding tert-OH is 1. The largest absolute Gasteiger partial charge is 0.473 e. The van der Waals surface area contributed by atoms with Gasteiger partial charge in [-0.2, -0.15) is 0 Å². The maximum atomic E-state index is 13.2. The van der Waals surface area contributed by atoms with E-state index >= 15 is 0 Å². The summed E-state index contributed by atoms with van der Waals surface area (Å²) in [6, 6.07) is 7.57. The average molecular weight is 560 g/mol. The number of carbonyl (C=O) groups excluding carboxylic acids is 1. The Morgan fingerprint density at radius 2 is 1.65 bits per heavy atom. The zero-order valence-corrected chi connectivity index (χ0v) is 23.4. The van der Waals surface area contributed by atoms with E-state index in [0.717, 1.165) is 42.4 Å². The maximum absolute atomic E-state index is 13.2. The molecule has 0 radical (unpaired) electrons. The third-order valence-electron chi connectivity index (χ3n) is 7.90. The molecular weight excluding hydrogens is 518 g/mol. The van der Waals surface area contributed by atoms with Gasteiger partial charge in [0, 0.05) is 24.5 Å². The Balaban J connectivity index is 0.000000663. The lowest BCUT2D eigenvalue weighted by Gasteiger charge is -2.41. The van der Waals surface area contributed by atoms with E-state index in [0.29, 0.717) is 44.7 Å². The van der Waals surface area contributed by atoms with Crippen LogP contribution in [0.4, 0.5) is 0 Å². The minimum Gasteiger partial charge on any atom is -0.473 e. The second-order valence-corrected chi connectivity index (χ2v) is 11.3. The first-order valence-electron chi connectivity index (χ1n) is 13.8. The highest BCUT2D eigenvalue weighted by Crippen LogP contribution is 2.30. The molecule has 1 amide bonds. The number of rotatable bonds is 6. The van der Waals surface area contributed by atoms with Gasteiger partial charge in [0.1, 0.15) is 5.56 Å². The number of aliphatic hydroxyl groups is 2. The van der Waals surface area contributed by atoms with E-state index in [4.69, 9.17) is 19.8 Å². The molecule has 2 aromatic rings. The number of carbonyl (C=O) groups is 3. The molecule has 0 bridgehead atoms. The Bertz CT molecular complexity index is 1260. The van der Waals surface area contributed by atoms with E-state index < -0.39 is 17.5 Å². The molecule has 1 aliphatic heterocycles. The molecule has 1 aliphatic carbocycles. The third kappa shape index (κ3) is 7.89. The lowest BCUT2D eigenvalue weighted by molar-refractivity contribution is -0.159. The van der Waals surface area contributed by atoms with Gasteiger partial charge in [0.05, 0.1) is 17.2 Å². The number of benzene rings is 1. The highest BCUT2D eigenvalue weighted by atomic mass is 16.4. The zero-order chi connectivity index (χ0) is 29.6. The summed E-state index contributed by atoms with van der Waals surface area (Å²) in [4.78, 5) is 46.7. The van der Waals surface area contributed by atoms with Gasteiger partial charge in [-0.1, -0.05) is 12.1 Å². The number of hydrogen-bond donors (Lipinski definition) is 5. The summed E-state index contributed by atoms with van der Waals surface area (Å²) in [6.07, 6.45) is 4.29. The first-order valence-corrected chi connectivity index (χ1v) is 13.8.